The summed E-state index contributed by atoms with van der Waals surface area (Å²) in [6.45, 7) is 5.26. The van der Waals surface area contributed by atoms with Gasteiger partial charge in [-0.3, -0.25) is 14.7 Å². The molecule has 7 nitrogen and oxygen atoms in total. The third-order valence-corrected chi connectivity index (χ3v) is 9.32. The number of halogens is 1. The second-order valence-corrected chi connectivity index (χ2v) is 12.6. The van der Waals surface area contributed by atoms with Crippen molar-refractivity contribution in [2.75, 3.05) is 18.0 Å². The van der Waals surface area contributed by atoms with E-state index in [0.717, 1.165) is 6.42 Å². The van der Waals surface area contributed by atoms with Gasteiger partial charge in [0.25, 0.3) is 5.91 Å². The van der Waals surface area contributed by atoms with Crippen molar-refractivity contribution in [3.05, 3.63) is 83.9 Å². The molecule has 0 aliphatic carbocycles. The summed E-state index contributed by atoms with van der Waals surface area (Å²) in [5.41, 5.74) is 1.57. The molecule has 0 spiro atoms. The van der Waals surface area contributed by atoms with Crippen LogP contribution in [0.25, 0.3) is 10.2 Å². The van der Waals surface area contributed by atoms with E-state index in [9.17, 15) is 17.6 Å². The predicted molar refractivity (Wildman–Crippen MR) is 142 cm³/mol. The van der Waals surface area contributed by atoms with Crippen LogP contribution in [0.1, 0.15) is 36.3 Å². The van der Waals surface area contributed by atoms with Crippen LogP contribution in [0.15, 0.2) is 71.8 Å². The fourth-order valence-corrected chi connectivity index (χ4v) is 7.43. The quantitative estimate of drug-likeness (QED) is 0.331. The van der Waals surface area contributed by atoms with Crippen molar-refractivity contribution in [2.45, 2.75) is 31.7 Å². The van der Waals surface area contributed by atoms with E-state index in [1.807, 2.05) is 12.1 Å². The Balaban J connectivity index is 1.45. The number of thiazole rings is 1. The molecule has 2 atom stereocenters. The molecular weight excluding hydrogens is 511 g/mol. The Kier molecular flexibility index (Phi) is 7.06. The van der Waals surface area contributed by atoms with Gasteiger partial charge in [0.15, 0.2) is 5.13 Å². The monoisotopic (exact) mass is 538 g/mol. The summed E-state index contributed by atoms with van der Waals surface area (Å²) < 4.78 is 42.5. The lowest BCUT2D eigenvalue weighted by atomic mass is 9.94. The number of piperidine rings is 1. The zero-order valence-corrected chi connectivity index (χ0v) is 22.2. The third kappa shape index (κ3) is 5.41. The first kappa shape index (κ1) is 25.4. The maximum atomic E-state index is 13.8. The van der Waals surface area contributed by atoms with Gasteiger partial charge < -0.3 is 0 Å². The summed E-state index contributed by atoms with van der Waals surface area (Å²) in [6.07, 6.45) is 2.65. The normalized spacial score (nSPS) is 18.7. The molecule has 37 heavy (non-hydrogen) atoms. The van der Waals surface area contributed by atoms with Crippen LogP contribution in [-0.2, 0) is 16.6 Å². The Morgan fingerprint density at radius 2 is 1.81 bits per heavy atom. The molecule has 1 amide bonds. The Labute approximate surface area is 219 Å². The zero-order chi connectivity index (χ0) is 26.2. The highest BCUT2D eigenvalue weighted by Gasteiger charge is 2.32. The first-order valence-electron chi connectivity index (χ1n) is 12.1. The summed E-state index contributed by atoms with van der Waals surface area (Å²) >= 11 is 1.21. The minimum Gasteiger partial charge on any atom is -0.278 e. The average molecular weight is 539 g/mol. The van der Waals surface area contributed by atoms with Gasteiger partial charge in [0.1, 0.15) is 5.82 Å². The van der Waals surface area contributed by atoms with E-state index < -0.39 is 10.0 Å². The number of carbonyl (C=O) groups is 1. The van der Waals surface area contributed by atoms with Crippen LogP contribution < -0.4 is 4.90 Å². The van der Waals surface area contributed by atoms with Gasteiger partial charge in [0.2, 0.25) is 10.0 Å². The molecule has 5 rings (SSSR count). The number of anilines is 1. The first-order chi connectivity index (χ1) is 17.7. The minimum absolute atomic E-state index is 0.158. The fraction of sp³-hybridized carbons (Fsp3) is 0.296. The number of carbonyl (C=O) groups excluding carboxylic acids is 1. The van der Waals surface area contributed by atoms with Crippen molar-refractivity contribution in [1.29, 1.82) is 0 Å². The van der Waals surface area contributed by atoms with Crippen LogP contribution in [0.5, 0.6) is 0 Å². The minimum atomic E-state index is -3.66. The zero-order valence-electron chi connectivity index (χ0n) is 20.5. The number of sulfonamides is 1. The van der Waals surface area contributed by atoms with Crippen LogP contribution in [0.4, 0.5) is 9.52 Å². The van der Waals surface area contributed by atoms with E-state index in [1.165, 1.54) is 56.9 Å². The molecule has 0 bridgehead atoms. The molecule has 0 saturated carbocycles. The predicted octanol–water partition coefficient (Wildman–Crippen LogP) is 5.34. The SMILES string of the molecule is CC1CC(C)CN(S(=O)(=O)c2ccc(C(=O)N(Cc3ccccn3)c3nc4ccc(F)cc4s3)cc2)C1. The Hall–Kier alpha value is -3.21. The van der Waals surface area contributed by atoms with Crippen molar-refractivity contribution in [1.82, 2.24) is 14.3 Å². The Morgan fingerprint density at radius 3 is 2.49 bits per heavy atom. The summed E-state index contributed by atoms with van der Waals surface area (Å²) in [6, 6.07) is 15.8. The van der Waals surface area contributed by atoms with E-state index in [-0.39, 0.29) is 23.2 Å². The lowest BCUT2D eigenvalue weighted by Crippen LogP contribution is -2.42. The summed E-state index contributed by atoms with van der Waals surface area (Å²) in [4.78, 5) is 24.2. The molecule has 0 radical (unpaired) electrons. The molecule has 1 aliphatic heterocycles. The molecule has 4 aromatic rings. The van der Waals surface area contributed by atoms with Crippen molar-refractivity contribution in [2.24, 2.45) is 11.8 Å². The molecule has 10 heteroatoms. The largest absolute Gasteiger partial charge is 0.278 e. The highest BCUT2D eigenvalue weighted by molar-refractivity contribution is 7.89. The maximum Gasteiger partial charge on any atom is 0.260 e. The maximum absolute atomic E-state index is 13.8. The van der Waals surface area contributed by atoms with E-state index in [4.69, 9.17) is 0 Å². The van der Waals surface area contributed by atoms with Gasteiger partial charge in [-0.25, -0.2) is 17.8 Å². The summed E-state index contributed by atoms with van der Waals surface area (Å²) in [5, 5.41) is 0.407. The third-order valence-electron chi connectivity index (χ3n) is 6.44. The Bertz CT molecular complexity index is 1510. The van der Waals surface area contributed by atoms with Crippen molar-refractivity contribution < 1.29 is 17.6 Å². The molecule has 1 fully saturated rings. The van der Waals surface area contributed by atoms with Crippen molar-refractivity contribution >= 4 is 42.6 Å². The molecule has 2 aromatic heterocycles. The van der Waals surface area contributed by atoms with Gasteiger partial charge in [-0.2, -0.15) is 4.31 Å². The average Bonchev–Trinajstić information content (AvgIpc) is 3.30. The van der Waals surface area contributed by atoms with Gasteiger partial charge in [-0.1, -0.05) is 31.3 Å². The topological polar surface area (TPSA) is 83.5 Å². The van der Waals surface area contributed by atoms with Crippen molar-refractivity contribution in [3.63, 3.8) is 0 Å². The van der Waals surface area contributed by atoms with E-state index in [2.05, 4.69) is 23.8 Å². The second kappa shape index (κ2) is 10.3. The molecule has 192 valence electrons. The first-order valence-corrected chi connectivity index (χ1v) is 14.3. The van der Waals surface area contributed by atoms with E-state index >= 15 is 0 Å². The smallest absolute Gasteiger partial charge is 0.260 e. The number of rotatable bonds is 6. The molecule has 0 N–H and O–H groups in total. The number of nitrogens with zero attached hydrogens (tertiary/aromatic N) is 4. The number of aromatic nitrogens is 2. The number of benzene rings is 2. The number of pyridine rings is 1. The second-order valence-electron chi connectivity index (χ2n) is 9.61. The number of hydrogen-bond donors (Lipinski definition) is 0. The lowest BCUT2D eigenvalue weighted by Gasteiger charge is -2.34. The van der Waals surface area contributed by atoms with E-state index in [0.29, 0.717) is 51.5 Å². The van der Waals surface area contributed by atoms with Crippen LogP contribution in [0, 0.1) is 17.7 Å². The summed E-state index contributed by atoms with van der Waals surface area (Å²) in [7, 11) is -3.66. The number of hydrogen-bond acceptors (Lipinski definition) is 6. The molecule has 1 saturated heterocycles. The van der Waals surface area contributed by atoms with Gasteiger partial charge >= 0.3 is 0 Å². The van der Waals surface area contributed by atoms with Crippen molar-refractivity contribution in [3.8, 4) is 0 Å². The number of amides is 1. The van der Waals surface area contributed by atoms with Crippen LogP contribution in [-0.4, -0.2) is 41.7 Å². The van der Waals surface area contributed by atoms with Gasteiger partial charge in [-0.15, -0.1) is 0 Å². The molecule has 1 aliphatic rings. The molecular formula is C27H27FN4O3S2. The lowest BCUT2D eigenvalue weighted by molar-refractivity contribution is 0.0984. The van der Waals surface area contributed by atoms with E-state index in [1.54, 1.807) is 18.3 Å². The molecule has 2 aromatic carbocycles. The molecule has 2 unspecified atom stereocenters. The van der Waals surface area contributed by atoms with Gasteiger partial charge in [0.05, 0.1) is 27.4 Å². The fourth-order valence-electron chi connectivity index (χ4n) is 4.76. The van der Waals surface area contributed by atoms with Crippen LogP contribution >= 0.6 is 11.3 Å². The van der Waals surface area contributed by atoms with Gasteiger partial charge in [0, 0.05) is 24.8 Å². The van der Waals surface area contributed by atoms with Crippen LogP contribution in [0.3, 0.4) is 0 Å². The van der Waals surface area contributed by atoms with Crippen LogP contribution in [0.2, 0.25) is 0 Å². The Morgan fingerprint density at radius 1 is 1.08 bits per heavy atom. The van der Waals surface area contributed by atoms with Gasteiger partial charge in [-0.05, 0) is 72.9 Å². The number of fused-ring (bicyclic) bond motifs is 1. The summed E-state index contributed by atoms with van der Waals surface area (Å²) in [5.74, 6) is -0.141. The highest BCUT2D eigenvalue weighted by Crippen LogP contribution is 2.32. The molecule has 3 heterocycles. The standard InChI is InChI=1S/C27H27FN4O3S2/c1-18-13-19(2)16-31(15-18)37(34,35)23-9-6-20(7-10-23)26(33)32(17-22-5-3-4-12-29-22)27-30-24-11-8-21(28)14-25(24)36-27/h3-12,14,18-19H,13,15-17H2,1-2H3. The highest BCUT2D eigenvalue weighted by atomic mass is 32.2.